The third-order valence-corrected chi connectivity index (χ3v) is 3.35. The van der Waals surface area contributed by atoms with Gasteiger partial charge in [-0.1, -0.05) is 18.2 Å². The molecule has 0 heterocycles. The van der Waals surface area contributed by atoms with Crippen molar-refractivity contribution in [2.75, 3.05) is 19.0 Å². The van der Waals surface area contributed by atoms with Gasteiger partial charge in [-0.05, 0) is 42.0 Å². The maximum atomic E-state index is 12.0. The smallest absolute Gasteiger partial charge is 0.349 e. The zero-order valence-corrected chi connectivity index (χ0v) is 14.4. The number of benzene rings is 2. The minimum atomic E-state index is -0.916. The zero-order chi connectivity index (χ0) is 19.6. The summed E-state index contributed by atoms with van der Waals surface area (Å²) >= 11 is 0. The normalized spacial score (nSPS) is 10.3. The first-order valence-corrected chi connectivity index (χ1v) is 7.78. The lowest BCUT2D eigenvalue weighted by atomic mass is 10.1. The number of hydrogen-bond acceptors (Lipinski definition) is 6. The Hall–Kier alpha value is -4.10. The number of hydrogen-bond donors (Lipinski definition) is 1. The van der Waals surface area contributed by atoms with Crippen molar-refractivity contribution in [2.24, 2.45) is 0 Å². The molecule has 0 spiro atoms. The van der Waals surface area contributed by atoms with E-state index in [1.165, 1.54) is 19.3 Å². The van der Waals surface area contributed by atoms with E-state index in [1.807, 2.05) is 6.07 Å². The lowest BCUT2D eigenvalue weighted by Crippen LogP contribution is -2.21. The van der Waals surface area contributed by atoms with Crippen LogP contribution in [0.5, 0.6) is 5.75 Å². The van der Waals surface area contributed by atoms with Gasteiger partial charge in [0.25, 0.3) is 5.91 Å². The maximum Gasteiger partial charge on any atom is 0.349 e. The first-order valence-electron chi connectivity index (χ1n) is 7.78. The number of nitrogens with one attached hydrogen (secondary N) is 1. The Balaban J connectivity index is 1.98. The van der Waals surface area contributed by atoms with Crippen LogP contribution < -0.4 is 10.1 Å². The number of nitrogens with zero attached hydrogens (tertiary/aromatic N) is 2. The molecule has 7 heteroatoms. The Morgan fingerprint density at radius 1 is 1.15 bits per heavy atom. The van der Waals surface area contributed by atoms with Gasteiger partial charge in [0.2, 0.25) is 0 Å². The van der Waals surface area contributed by atoms with E-state index in [2.05, 4.69) is 5.32 Å². The molecule has 0 aliphatic heterocycles. The molecule has 0 aliphatic rings. The average Bonchev–Trinajstić information content (AvgIpc) is 2.70. The van der Waals surface area contributed by atoms with E-state index in [9.17, 15) is 9.59 Å². The van der Waals surface area contributed by atoms with E-state index in [1.54, 1.807) is 48.5 Å². The van der Waals surface area contributed by atoms with Crippen molar-refractivity contribution in [2.45, 2.75) is 0 Å². The van der Waals surface area contributed by atoms with Crippen molar-refractivity contribution >= 4 is 23.6 Å². The summed E-state index contributed by atoms with van der Waals surface area (Å²) in [4.78, 5) is 23.9. The fourth-order valence-electron chi connectivity index (χ4n) is 2.11. The van der Waals surface area contributed by atoms with E-state index in [-0.39, 0.29) is 5.57 Å². The highest BCUT2D eigenvalue weighted by Gasteiger charge is 2.13. The highest BCUT2D eigenvalue weighted by molar-refractivity contribution is 6.00. The summed E-state index contributed by atoms with van der Waals surface area (Å²) in [7, 11) is 1.51. The molecule has 0 aliphatic carbocycles. The van der Waals surface area contributed by atoms with Gasteiger partial charge in [-0.25, -0.2) is 4.79 Å². The maximum absolute atomic E-state index is 12.0. The summed E-state index contributed by atoms with van der Waals surface area (Å²) in [6.07, 6.45) is 1.35. The molecule has 0 radical (unpaired) electrons. The van der Waals surface area contributed by atoms with Crippen molar-refractivity contribution in [3.63, 3.8) is 0 Å². The van der Waals surface area contributed by atoms with E-state index in [4.69, 9.17) is 20.0 Å². The molecule has 2 rings (SSSR count). The second-order valence-electron chi connectivity index (χ2n) is 5.26. The number of anilines is 1. The van der Waals surface area contributed by atoms with Gasteiger partial charge in [0.1, 0.15) is 17.4 Å². The van der Waals surface area contributed by atoms with Crippen LogP contribution >= 0.6 is 0 Å². The Morgan fingerprint density at radius 3 is 2.63 bits per heavy atom. The third kappa shape index (κ3) is 5.73. The van der Waals surface area contributed by atoms with Crippen LogP contribution in [0.2, 0.25) is 0 Å². The summed E-state index contributed by atoms with van der Waals surface area (Å²) in [6.45, 7) is -0.563. The highest BCUT2D eigenvalue weighted by atomic mass is 16.5. The fourth-order valence-corrected chi connectivity index (χ4v) is 2.11. The van der Waals surface area contributed by atoms with Crippen molar-refractivity contribution in [1.29, 1.82) is 10.5 Å². The molecule has 0 saturated heterocycles. The number of esters is 1. The number of methoxy groups -OCH3 is 1. The molecule has 134 valence electrons. The SMILES string of the molecule is COc1cccc(/C=C(\C#N)C(=O)OCC(=O)Nc2cccc(C#N)c2)c1. The van der Waals surface area contributed by atoms with Crippen LogP contribution in [0.1, 0.15) is 11.1 Å². The van der Waals surface area contributed by atoms with E-state index >= 15 is 0 Å². The second kappa shape index (κ2) is 9.40. The van der Waals surface area contributed by atoms with Crippen molar-refractivity contribution in [3.8, 4) is 17.9 Å². The number of ether oxygens (including phenoxy) is 2. The zero-order valence-electron chi connectivity index (χ0n) is 14.4. The summed E-state index contributed by atoms with van der Waals surface area (Å²) in [6, 6.07) is 16.8. The van der Waals surface area contributed by atoms with Crippen LogP contribution in [0, 0.1) is 22.7 Å². The molecule has 0 saturated carbocycles. The molecule has 27 heavy (non-hydrogen) atoms. The molecule has 1 N–H and O–H groups in total. The van der Waals surface area contributed by atoms with Gasteiger partial charge in [-0.15, -0.1) is 0 Å². The van der Waals surface area contributed by atoms with Gasteiger partial charge in [0.15, 0.2) is 6.61 Å². The highest BCUT2D eigenvalue weighted by Crippen LogP contribution is 2.16. The van der Waals surface area contributed by atoms with Crippen LogP contribution in [-0.2, 0) is 14.3 Å². The van der Waals surface area contributed by atoms with Crippen molar-refractivity contribution < 1.29 is 19.1 Å². The Bertz CT molecular complexity index is 968. The van der Waals surface area contributed by atoms with Crippen LogP contribution in [0.15, 0.2) is 54.1 Å². The summed E-state index contributed by atoms with van der Waals surface area (Å²) in [5.41, 5.74) is 1.13. The summed E-state index contributed by atoms with van der Waals surface area (Å²) < 4.78 is 9.96. The largest absolute Gasteiger partial charge is 0.497 e. The Labute approximate surface area is 156 Å². The van der Waals surface area contributed by atoms with Crippen LogP contribution in [0.4, 0.5) is 5.69 Å². The second-order valence-corrected chi connectivity index (χ2v) is 5.26. The van der Waals surface area contributed by atoms with Crippen LogP contribution in [-0.4, -0.2) is 25.6 Å². The predicted octanol–water partition coefficient (Wildman–Crippen LogP) is 2.66. The molecule has 0 fully saturated rings. The van der Waals surface area contributed by atoms with Gasteiger partial charge in [-0.2, -0.15) is 10.5 Å². The number of carbonyl (C=O) groups is 2. The predicted molar refractivity (Wildman–Crippen MR) is 97.3 cm³/mol. The van der Waals surface area contributed by atoms with E-state index < -0.39 is 18.5 Å². The quantitative estimate of drug-likeness (QED) is 0.481. The number of nitriles is 2. The molecular formula is C20H15N3O4. The fraction of sp³-hybridized carbons (Fsp3) is 0.100. The molecule has 2 aromatic rings. The average molecular weight is 361 g/mol. The molecule has 2 aromatic carbocycles. The number of amides is 1. The summed E-state index contributed by atoms with van der Waals surface area (Å²) in [5, 5.41) is 20.5. The Kier molecular flexibility index (Phi) is 6.69. The lowest BCUT2D eigenvalue weighted by Gasteiger charge is -2.06. The van der Waals surface area contributed by atoms with Gasteiger partial charge in [0, 0.05) is 5.69 Å². The van der Waals surface area contributed by atoms with Gasteiger partial charge in [0.05, 0.1) is 18.7 Å². The van der Waals surface area contributed by atoms with Gasteiger partial charge < -0.3 is 14.8 Å². The number of rotatable bonds is 6. The standard InChI is InChI=1S/C20H15N3O4/c1-26-18-7-3-4-14(10-18)8-16(12-22)20(25)27-13-19(24)23-17-6-2-5-15(9-17)11-21/h2-10H,13H2,1H3,(H,23,24)/b16-8+. The molecule has 0 atom stereocenters. The van der Waals surface area contributed by atoms with E-state index in [0.29, 0.717) is 22.6 Å². The molecular weight excluding hydrogens is 346 g/mol. The van der Waals surface area contributed by atoms with E-state index in [0.717, 1.165) is 0 Å². The minimum Gasteiger partial charge on any atom is -0.497 e. The summed E-state index contributed by atoms with van der Waals surface area (Å²) in [5.74, 6) is -0.924. The number of carbonyl (C=O) groups excluding carboxylic acids is 2. The Morgan fingerprint density at radius 2 is 1.93 bits per heavy atom. The molecule has 1 amide bonds. The molecule has 0 aromatic heterocycles. The molecule has 7 nitrogen and oxygen atoms in total. The topological polar surface area (TPSA) is 112 Å². The third-order valence-electron chi connectivity index (χ3n) is 3.35. The first-order chi connectivity index (χ1) is 13.0. The molecule has 0 bridgehead atoms. The van der Waals surface area contributed by atoms with Crippen molar-refractivity contribution in [3.05, 3.63) is 65.2 Å². The lowest BCUT2D eigenvalue weighted by molar-refractivity contribution is -0.142. The van der Waals surface area contributed by atoms with Gasteiger partial charge >= 0.3 is 5.97 Å². The molecule has 0 unspecified atom stereocenters. The van der Waals surface area contributed by atoms with Crippen molar-refractivity contribution in [1.82, 2.24) is 0 Å². The van der Waals surface area contributed by atoms with Gasteiger partial charge in [-0.3, -0.25) is 4.79 Å². The van der Waals surface area contributed by atoms with Crippen LogP contribution in [0.3, 0.4) is 0 Å². The monoisotopic (exact) mass is 361 g/mol. The van der Waals surface area contributed by atoms with Crippen LogP contribution in [0.25, 0.3) is 6.08 Å². The first kappa shape index (κ1) is 19.2. The minimum absolute atomic E-state index is 0.248.